The van der Waals surface area contributed by atoms with Gasteiger partial charge in [0.05, 0.1) is 16.9 Å². The van der Waals surface area contributed by atoms with E-state index in [1.807, 2.05) is 0 Å². The Kier molecular flexibility index (Phi) is 4.44. The summed E-state index contributed by atoms with van der Waals surface area (Å²) in [5.74, 6) is 0. The smallest absolute Gasteiger partial charge is 0.434 e. The quantitative estimate of drug-likeness (QED) is 0.838. The Bertz CT molecular complexity index is 452. The van der Waals surface area contributed by atoms with Crippen molar-refractivity contribution >= 4 is 17.4 Å². The van der Waals surface area contributed by atoms with Crippen LogP contribution in [0.5, 0.6) is 0 Å². The van der Waals surface area contributed by atoms with Crippen LogP contribution < -0.4 is 0 Å². The van der Waals surface area contributed by atoms with Crippen molar-refractivity contribution in [1.29, 1.82) is 0 Å². The van der Waals surface area contributed by atoms with Gasteiger partial charge in [-0.25, -0.2) is 9.78 Å². The van der Waals surface area contributed by atoms with Gasteiger partial charge >= 0.3 is 12.3 Å². The molecule has 0 radical (unpaired) electrons. The standard InChI is InChI=1S/C11H15F3N2O2S/c1-10(2,3)18-9(17)16(4)5-7-8(11(12,13)14)15-6-19-7/h6H,5H2,1-4H3. The number of rotatable bonds is 2. The van der Waals surface area contributed by atoms with Gasteiger partial charge < -0.3 is 9.64 Å². The number of hydrogen-bond acceptors (Lipinski definition) is 4. The maximum absolute atomic E-state index is 12.6. The van der Waals surface area contributed by atoms with Crippen LogP contribution in [0.2, 0.25) is 0 Å². The Morgan fingerprint density at radius 3 is 2.47 bits per heavy atom. The lowest BCUT2D eigenvalue weighted by Gasteiger charge is -2.24. The van der Waals surface area contributed by atoms with Gasteiger partial charge in [-0.15, -0.1) is 11.3 Å². The fourth-order valence-corrected chi connectivity index (χ4v) is 2.07. The molecule has 0 aliphatic carbocycles. The second kappa shape index (κ2) is 5.36. The normalized spacial score (nSPS) is 12.4. The zero-order valence-electron chi connectivity index (χ0n) is 11.0. The van der Waals surface area contributed by atoms with E-state index < -0.39 is 23.6 Å². The molecule has 4 nitrogen and oxygen atoms in total. The first-order valence-electron chi connectivity index (χ1n) is 5.44. The number of aromatic nitrogens is 1. The Morgan fingerprint density at radius 1 is 1.42 bits per heavy atom. The lowest BCUT2D eigenvalue weighted by molar-refractivity contribution is -0.141. The molecule has 0 atom stereocenters. The first kappa shape index (κ1) is 15.7. The molecule has 0 saturated heterocycles. The zero-order valence-corrected chi connectivity index (χ0v) is 11.9. The van der Waals surface area contributed by atoms with Gasteiger partial charge in [0, 0.05) is 7.05 Å². The van der Waals surface area contributed by atoms with E-state index in [9.17, 15) is 18.0 Å². The van der Waals surface area contributed by atoms with Crippen LogP contribution in [0.25, 0.3) is 0 Å². The zero-order chi connectivity index (χ0) is 14.8. The molecular weight excluding hydrogens is 281 g/mol. The van der Waals surface area contributed by atoms with Crippen LogP contribution in [0.15, 0.2) is 5.51 Å². The van der Waals surface area contributed by atoms with Gasteiger partial charge in [0.25, 0.3) is 0 Å². The van der Waals surface area contributed by atoms with Crippen molar-refractivity contribution in [2.24, 2.45) is 0 Å². The molecule has 1 aromatic rings. The molecule has 8 heteroatoms. The lowest BCUT2D eigenvalue weighted by atomic mass is 10.2. The van der Waals surface area contributed by atoms with Gasteiger partial charge in [-0.2, -0.15) is 13.2 Å². The number of carbonyl (C=O) groups is 1. The average Bonchev–Trinajstić information content (AvgIpc) is 2.62. The number of ether oxygens (including phenoxy) is 1. The Hall–Kier alpha value is -1.31. The number of amides is 1. The van der Waals surface area contributed by atoms with Gasteiger partial charge in [0.2, 0.25) is 0 Å². The molecular formula is C11H15F3N2O2S. The summed E-state index contributed by atoms with van der Waals surface area (Å²) in [5, 5.41) is 0. The minimum atomic E-state index is -4.51. The van der Waals surface area contributed by atoms with E-state index >= 15 is 0 Å². The van der Waals surface area contributed by atoms with Gasteiger partial charge in [0.15, 0.2) is 5.69 Å². The molecule has 1 rings (SSSR count). The Morgan fingerprint density at radius 2 is 2.00 bits per heavy atom. The third-order valence-electron chi connectivity index (χ3n) is 2.00. The molecule has 19 heavy (non-hydrogen) atoms. The summed E-state index contributed by atoms with van der Waals surface area (Å²) in [4.78, 5) is 16.0. The van der Waals surface area contributed by atoms with Gasteiger partial charge in [-0.1, -0.05) is 0 Å². The van der Waals surface area contributed by atoms with Crippen molar-refractivity contribution in [3.63, 3.8) is 0 Å². The van der Waals surface area contributed by atoms with E-state index in [1.54, 1.807) is 20.8 Å². The molecule has 0 aromatic carbocycles. The van der Waals surface area contributed by atoms with Crippen molar-refractivity contribution in [3.8, 4) is 0 Å². The number of alkyl halides is 3. The summed E-state index contributed by atoms with van der Waals surface area (Å²) in [6, 6.07) is 0. The van der Waals surface area contributed by atoms with Crippen LogP contribution >= 0.6 is 11.3 Å². The summed E-state index contributed by atoms with van der Waals surface area (Å²) in [5.41, 5.74) is -0.527. The van der Waals surface area contributed by atoms with Crippen LogP contribution in [-0.2, 0) is 17.5 Å². The molecule has 0 spiro atoms. The van der Waals surface area contributed by atoms with Crippen LogP contribution in [0, 0.1) is 0 Å². The molecule has 108 valence electrons. The summed E-state index contributed by atoms with van der Waals surface area (Å²) < 4.78 is 42.9. The summed E-state index contributed by atoms with van der Waals surface area (Å²) >= 11 is 0.860. The van der Waals surface area contributed by atoms with Crippen molar-refractivity contribution < 1.29 is 22.7 Å². The van der Waals surface area contributed by atoms with Gasteiger partial charge in [-0.3, -0.25) is 0 Å². The number of thiazole rings is 1. The predicted octanol–water partition coefficient (Wildman–Crippen LogP) is 3.53. The molecule has 0 fully saturated rings. The van der Waals surface area contributed by atoms with E-state index in [4.69, 9.17) is 4.74 Å². The summed E-state index contributed by atoms with van der Waals surface area (Å²) in [7, 11) is 1.38. The second-order valence-corrected chi connectivity index (χ2v) is 5.90. The molecule has 0 bridgehead atoms. The van der Waals surface area contributed by atoms with Crippen molar-refractivity contribution in [1.82, 2.24) is 9.88 Å². The molecule has 1 aromatic heterocycles. The van der Waals surface area contributed by atoms with Crippen LogP contribution in [-0.4, -0.2) is 28.6 Å². The third-order valence-corrected chi connectivity index (χ3v) is 2.81. The Balaban J connectivity index is 2.76. The topological polar surface area (TPSA) is 42.4 Å². The number of nitrogens with zero attached hydrogens (tertiary/aromatic N) is 2. The van der Waals surface area contributed by atoms with E-state index in [1.165, 1.54) is 7.05 Å². The van der Waals surface area contributed by atoms with Gasteiger partial charge in [0.1, 0.15) is 5.60 Å². The number of carbonyl (C=O) groups excluding carboxylic acids is 1. The average molecular weight is 296 g/mol. The maximum Gasteiger partial charge on any atom is 0.434 e. The maximum atomic E-state index is 12.6. The number of hydrogen-bond donors (Lipinski definition) is 0. The first-order chi connectivity index (χ1) is 8.50. The highest BCUT2D eigenvalue weighted by Gasteiger charge is 2.36. The third kappa shape index (κ3) is 4.70. The fraction of sp³-hybridized carbons (Fsp3) is 0.636. The monoisotopic (exact) mass is 296 g/mol. The largest absolute Gasteiger partial charge is 0.444 e. The second-order valence-electron chi connectivity index (χ2n) is 4.96. The van der Waals surface area contributed by atoms with Crippen LogP contribution in [0.4, 0.5) is 18.0 Å². The molecule has 1 amide bonds. The van der Waals surface area contributed by atoms with E-state index in [0.29, 0.717) is 0 Å². The molecule has 0 aliphatic rings. The fourth-order valence-electron chi connectivity index (χ4n) is 1.23. The Labute approximate surface area is 113 Å². The molecule has 0 N–H and O–H groups in total. The van der Waals surface area contributed by atoms with E-state index in [-0.39, 0.29) is 11.4 Å². The summed E-state index contributed by atoms with van der Waals surface area (Å²) in [6.45, 7) is 4.88. The van der Waals surface area contributed by atoms with Crippen LogP contribution in [0.3, 0.4) is 0 Å². The van der Waals surface area contributed by atoms with E-state index in [2.05, 4.69) is 4.98 Å². The van der Waals surface area contributed by atoms with Crippen molar-refractivity contribution in [3.05, 3.63) is 16.1 Å². The molecule has 1 heterocycles. The highest BCUT2D eigenvalue weighted by Crippen LogP contribution is 2.33. The molecule has 0 unspecified atom stereocenters. The van der Waals surface area contributed by atoms with E-state index in [0.717, 1.165) is 21.7 Å². The molecule has 0 saturated carbocycles. The molecule has 0 aliphatic heterocycles. The minimum absolute atomic E-state index is 0.0131. The van der Waals surface area contributed by atoms with Crippen molar-refractivity contribution in [2.45, 2.75) is 39.1 Å². The summed E-state index contributed by atoms with van der Waals surface area (Å²) in [6.07, 6.45) is -5.18. The highest BCUT2D eigenvalue weighted by atomic mass is 32.1. The lowest BCUT2D eigenvalue weighted by Crippen LogP contribution is -2.34. The van der Waals surface area contributed by atoms with Crippen molar-refractivity contribution in [2.75, 3.05) is 7.05 Å². The first-order valence-corrected chi connectivity index (χ1v) is 6.32. The minimum Gasteiger partial charge on any atom is -0.444 e. The SMILES string of the molecule is CN(Cc1scnc1C(F)(F)F)C(=O)OC(C)(C)C. The highest BCUT2D eigenvalue weighted by molar-refractivity contribution is 7.09. The number of halogens is 3. The predicted molar refractivity (Wildman–Crippen MR) is 64.8 cm³/mol. The van der Waals surface area contributed by atoms with Gasteiger partial charge in [-0.05, 0) is 20.8 Å². The van der Waals surface area contributed by atoms with Crippen LogP contribution in [0.1, 0.15) is 31.3 Å².